The van der Waals surface area contributed by atoms with Crippen LogP contribution < -0.4 is 11.5 Å². The number of nitrogens with zero attached hydrogens (tertiary/aromatic N) is 5. The Hall–Kier alpha value is -3.27. The van der Waals surface area contributed by atoms with E-state index in [1.54, 1.807) is 12.1 Å². The van der Waals surface area contributed by atoms with Crippen LogP contribution in [0.1, 0.15) is 10.6 Å². The minimum absolute atomic E-state index is 0.0198. The summed E-state index contributed by atoms with van der Waals surface area (Å²) in [5.74, 6) is -0.148. The zero-order valence-electron chi connectivity index (χ0n) is 12.6. The standard InChI is InChI=1S/C14H13N7O2S/c1-8-7-20-11(6-17-19-13(15)16)12(18-14(20)24-8)9-2-4-10(5-3-9)21(22)23/h2-7H,1H3,(H4,15,16,19). The van der Waals surface area contributed by atoms with E-state index in [1.165, 1.54) is 29.7 Å². The molecule has 0 amide bonds. The summed E-state index contributed by atoms with van der Waals surface area (Å²) in [5.41, 5.74) is 12.6. The number of hydrogen-bond donors (Lipinski definition) is 2. The highest BCUT2D eigenvalue weighted by Crippen LogP contribution is 2.28. The van der Waals surface area contributed by atoms with Gasteiger partial charge in [0.25, 0.3) is 5.69 Å². The summed E-state index contributed by atoms with van der Waals surface area (Å²) in [7, 11) is 0. The Morgan fingerprint density at radius 2 is 2.08 bits per heavy atom. The van der Waals surface area contributed by atoms with Crippen LogP contribution in [0.25, 0.3) is 16.2 Å². The Labute approximate surface area is 140 Å². The molecule has 3 rings (SSSR count). The van der Waals surface area contributed by atoms with Crippen molar-refractivity contribution < 1.29 is 4.92 Å². The van der Waals surface area contributed by atoms with E-state index in [0.717, 1.165) is 15.4 Å². The molecule has 0 spiro atoms. The summed E-state index contributed by atoms with van der Waals surface area (Å²) in [6.07, 6.45) is 3.43. The maximum Gasteiger partial charge on any atom is 0.269 e. The first-order valence-corrected chi connectivity index (χ1v) is 7.62. The topological polar surface area (TPSA) is 137 Å². The maximum absolute atomic E-state index is 10.8. The lowest BCUT2D eigenvalue weighted by Gasteiger charge is -1.99. The lowest BCUT2D eigenvalue weighted by Crippen LogP contribution is -2.21. The zero-order valence-corrected chi connectivity index (χ0v) is 13.4. The van der Waals surface area contributed by atoms with Crippen LogP contribution in [0.15, 0.2) is 40.7 Å². The molecule has 2 heterocycles. The van der Waals surface area contributed by atoms with Gasteiger partial charge in [-0.05, 0) is 19.1 Å². The minimum atomic E-state index is -0.444. The summed E-state index contributed by atoms with van der Waals surface area (Å²) in [5, 5.41) is 18.2. The molecule has 10 heteroatoms. The average molecular weight is 343 g/mol. The quantitative estimate of drug-likeness (QED) is 0.322. The molecule has 0 radical (unpaired) electrons. The van der Waals surface area contributed by atoms with Gasteiger partial charge in [0.2, 0.25) is 5.96 Å². The number of non-ortho nitro benzene ring substituents is 1. The normalized spacial score (nSPS) is 11.2. The fourth-order valence-corrected chi connectivity index (χ4v) is 3.03. The minimum Gasteiger partial charge on any atom is -0.369 e. The molecular formula is C14H13N7O2S. The summed E-state index contributed by atoms with van der Waals surface area (Å²) in [4.78, 5) is 16.8. The smallest absolute Gasteiger partial charge is 0.269 e. The number of rotatable bonds is 4. The van der Waals surface area contributed by atoms with Crippen LogP contribution in [-0.4, -0.2) is 26.5 Å². The van der Waals surface area contributed by atoms with Crippen molar-refractivity contribution in [2.24, 2.45) is 21.7 Å². The third kappa shape index (κ3) is 2.94. The number of imidazole rings is 1. The average Bonchev–Trinajstić information content (AvgIpc) is 3.04. The van der Waals surface area contributed by atoms with Gasteiger partial charge in [-0.1, -0.05) is 0 Å². The van der Waals surface area contributed by atoms with Gasteiger partial charge in [0.05, 0.1) is 22.5 Å². The summed E-state index contributed by atoms with van der Waals surface area (Å²) >= 11 is 1.53. The Morgan fingerprint density at radius 1 is 1.38 bits per heavy atom. The van der Waals surface area contributed by atoms with E-state index >= 15 is 0 Å². The number of guanidine groups is 1. The lowest BCUT2D eigenvalue weighted by molar-refractivity contribution is -0.384. The van der Waals surface area contributed by atoms with Gasteiger partial charge in [-0.2, -0.15) is 5.10 Å². The molecule has 1 aromatic carbocycles. The van der Waals surface area contributed by atoms with Crippen LogP contribution in [0.4, 0.5) is 5.69 Å². The van der Waals surface area contributed by atoms with Gasteiger partial charge < -0.3 is 11.5 Å². The number of nitrogens with two attached hydrogens (primary N) is 2. The molecule has 0 unspecified atom stereocenters. The van der Waals surface area contributed by atoms with E-state index in [1.807, 2.05) is 17.5 Å². The van der Waals surface area contributed by atoms with Crippen molar-refractivity contribution in [3.05, 3.63) is 51.1 Å². The molecule has 9 nitrogen and oxygen atoms in total. The molecular weight excluding hydrogens is 330 g/mol. The van der Waals surface area contributed by atoms with Crippen LogP contribution in [-0.2, 0) is 0 Å². The molecule has 0 aliphatic heterocycles. The molecule has 0 aliphatic rings. The fourth-order valence-electron chi connectivity index (χ4n) is 2.20. The van der Waals surface area contributed by atoms with Crippen LogP contribution in [0.2, 0.25) is 0 Å². The molecule has 0 fully saturated rings. The molecule has 0 atom stereocenters. The van der Waals surface area contributed by atoms with Gasteiger partial charge in [0.15, 0.2) is 4.96 Å². The highest BCUT2D eigenvalue weighted by molar-refractivity contribution is 7.17. The largest absolute Gasteiger partial charge is 0.369 e. The molecule has 3 aromatic rings. The number of nitro groups is 1. The molecule has 2 aromatic heterocycles. The third-order valence-corrected chi connectivity index (χ3v) is 4.08. The van der Waals surface area contributed by atoms with Gasteiger partial charge in [0, 0.05) is 28.8 Å². The van der Waals surface area contributed by atoms with Crippen molar-refractivity contribution in [2.45, 2.75) is 6.92 Å². The Balaban J connectivity index is 2.12. The second-order valence-corrected chi connectivity index (χ2v) is 6.13. The lowest BCUT2D eigenvalue weighted by atomic mass is 10.1. The SMILES string of the molecule is Cc1cn2c(C=NN=C(N)N)c(-c3ccc([N+](=O)[O-])cc3)nc2s1. The number of aromatic nitrogens is 2. The number of aryl methyl sites for hydroxylation is 1. The Kier molecular flexibility index (Phi) is 3.96. The van der Waals surface area contributed by atoms with Gasteiger partial charge in [0.1, 0.15) is 0 Å². The van der Waals surface area contributed by atoms with E-state index in [0.29, 0.717) is 11.4 Å². The molecule has 4 N–H and O–H groups in total. The summed E-state index contributed by atoms with van der Waals surface area (Å²) in [6, 6.07) is 6.17. The van der Waals surface area contributed by atoms with Crippen molar-refractivity contribution in [2.75, 3.05) is 0 Å². The molecule has 122 valence electrons. The highest BCUT2D eigenvalue weighted by Gasteiger charge is 2.15. The van der Waals surface area contributed by atoms with Gasteiger partial charge in [-0.3, -0.25) is 14.5 Å². The monoisotopic (exact) mass is 343 g/mol. The van der Waals surface area contributed by atoms with Crippen molar-refractivity contribution >= 4 is 34.2 Å². The van der Waals surface area contributed by atoms with Crippen molar-refractivity contribution in [1.82, 2.24) is 9.38 Å². The zero-order chi connectivity index (χ0) is 17.3. The van der Waals surface area contributed by atoms with Crippen molar-refractivity contribution in [3.8, 4) is 11.3 Å². The predicted molar refractivity (Wildman–Crippen MR) is 93.3 cm³/mol. The van der Waals surface area contributed by atoms with Crippen LogP contribution in [0.5, 0.6) is 0 Å². The molecule has 0 saturated carbocycles. The molecule has 0 aliphatic carbocycles. The second-order valence-electron chi connectivity index (χ2n) is 4.91. The summed E-state index contributed by atoms with van der Waals surface area (Å²) < 4.78 is 1.88. The number of nitro benzene ring substituents is 1. The molecule has 0 saturated heterocycles. The first kappa shape index (κ1) is 15.6. The fraction of sp³-hybridized carbons (Fsp3) is 0.0714. The third-order valence-electron chi connectivity index (χ3n) is 3.18. The van der Waals surface area contributed by atoms with Gasteiger partial charge in [-0.15, -0.1) is 16.4 Å². The van der Waals surface area contributed by atoms with Crippen LogP contribution >= 0.6 is 11.3 Å². The maximum atomic E-state index is 10.8. The second kappa shape index (κ2) is 6.08. The number of benzene rings is 1. The summed E-state index contributed by atoms with van der Waals surface area (Å²) in [6.45, 7) is 1.97. The Bertz CT molecular complexity index is 965. The van der Waals surface area contributed by atoms with Crippen LogP contribution in [0, 0.1) is 17.0 Å². The number of thiazole rings is 1. The predicted octanol–water partition coefficient (Wildman–Crippen LogP) is 1.89. The van der Waals surface area contributed by atoms with E-state index < -0.39 is 4.92 Å². The first-order chi connectivity index (χ1) is 11.5. The van der Waals surface area contributed by atoms with Crippen LogP contribution in [0.3, 0.4) is 0 Å². The Morgan fingerprint density at radius 3 is 2.71 bits per heavy atom. The first-order valence-electron chi connectivity index (χ1n) is 6.81. The number of fused-ring (bicyclic) bond motifs is 1. The molecule has 24 heavy (non-hydrogen) atoms. The van der Waals surface area contributed by atoms with Gasteiger partial charge in [-0.25, -0.2) is 4.98 Å². The van der Waals surface area contributed by atoms with E-state index in [9.17, 15) is 10.1 Å². The van der Waals surface area contributed by atoms with Crippen molar-refractivity contribution in [1.29, 1.82) is 0 Å². The van der Waals surface area contributed by atoms with Gasteiger partial charge >= 0.3 is 0 Å². The van der Waals surface area contributed by atoms with E-state index in [4.69, 9.17) is 11.5 Å². The molecule has 0 bridgehead atoms. The van der Waals surface area contributed by atoms with E-state index in [2.05, 4.69) is 15.2 Å². The van der Waals surface area contributed by atoms with E-state index in [-0.39, 0.29) is 11.6 Å². The highest BCUT2D eigenvalue weighted by atomic mass is 32.1. The van der Waals surface area contributed by atoms with Crippen molar-refractivity contribution in [3.63, 3.8) is 0 Å². The number of hydrogen-bond acceptors (Lipinski definition) is 6.